The van der Waals surface area contributed by atoms with E-state index in [4.69, 9.17) is 11.6 Å². The van der Waals surface area contributed by atoms with Crippen LogP contribution in [0.5, 0.6) is 0 Å². The van der Waals surface area contributed by atoms with Crippen LogP contribution in [0.25, 0.3) is 0 Å². The molecule has 0 bridgehead atoms. The van der Waals surface area contributed by atoms with Crippen LogP contribution in [-0.4, -0.2) is 26.0 Å². The van der Waals surface area contributed by atoms with Crippen LogP contribution in [-0.2, 0) is 9.84 Å². The summed E-state index contributed by atoms with van der Waals surface area (Å²) in [4.78, 5) is 0. The van der Waals surface area contributed by atoms with Crippen molar-refractivity contribution in [3.63, 3.8) is 0 Å². The molecule has 17 heavy (non-hydrogen) atoms. The summed E-state index contributed by atoms with van der Waals surface area (Å²) in [7, 11) is -2.80. The zero-order valence-electron chi connectivity index (χ0n) is 9.74. The number of benzene rings is 1. The van der Waals surface area contributed by atoms with Gasteiger partial charge in [-0.3, -0.25) is 0 Å². The van der Waals surface area contributed by atoms with E-state index in [0.717, 1.165) is 11.3 Å². The standard InChI is InChI=1S/C12H16ClNO2S/c1-9-3-2-4-11(13)12(9)14-10-5-7-17(15,16)8-6-10/h2-4,10,14H,5-8H2,1H3. The van der Waals surface area contributed by atoms with Gasteiger partial charge in [-0.25, -0.2) is 8.42 Å². The maximum absolute atomic E-state index is 11.3. The van der Waals surface area contributed by atoms with Crippen molar-refractivity contribution < 1.29 is 8.42 Å². The Hall–Kier alpha value is -0.740. The van der Waals surface area contributed by atoms with Crippen molar-refractivity contribution in [1.82, 2.24) is 0 Å². The zero-order valence-corrected chi connectivity index (χ0v) is 11.3. The third-order valence-electron chi connectivity index (χ3n) is 3.13. The fourth-order valence-corrected chi connectivity index (χ4v) is 3.82. The molecule has 1 aliphatic rings. The Labute approximate surface area is 107 Å². The van der Waals surface area contributed by atoms with E-state index in [1.54, 1.807) is 0 Å². The molecule has 2 rings (SSSR count). The highest BCUT2D eigenvalue weighted by atomic mass is 35.5. The highest BCUT2D eigenvalue weighted by Crippen LogP contribution is 2.28. The van der Waals surface area contributed by atoms with E-state index in [-0.39, 0.29) is 17.5 Å². The molecule has 0 atom stereocenters. The SMILES string of the molecule is Cc1cccc(Cl)c1NC1CCS(=O)(=O)CC1. The molecule has 94 valence electrons. The number of nitrogens with one attached hydrogen (secondary N) is 1. The van der Waals surface area contributed by atoms with Crippen LogP contribution in [0.4, 0.5) is 5.69 Å². The number of halogens is 1. The van der Waals surface area contributed by atoms with Crippen molar-refractivity contribution in [1.29, 1.82) is 0 Å². The van der Waals surface area contributed by atoms with Gasteiger partial charge in [0, 0.05) is 6.04 Å². The van der Waals surface area contributed by atoms with Crippen molar-refractivity contribution in [2.45, 2.75) is 25.8 Å². The van der Waals surface area contributed by atoms with Gasteiger partial charge in [-0.2, -0.15) is 0 Å². The summed E-state index contributed by atoms with van der Waals surface area (Å²) in [6, 6.07) is 5.95. The predicted molar refractivity (Wildman–Crippen MR) is 71.5 cm³/mol. The maximum atomic E-state index is 11.3. The number of sulfone groups is 1. The monoisotopic (exact) mass is 273 g/mol. The minimum atomic E-state index is -2.80. The highest BCUT2D eigenvalue weighted by molar-refractivity contribution is 7.91. The van der Waals surface area contributed by atoms with Crippen molar-refractivity contribution in [2.75, 3.05) is 16.8 Å². The summed E-state index contributed by atoms with van der Waals surface area (Å²) < 4.78 is 22.7. The second kappa shape index (κ2) is 4.86. The molecule has 0 spiro atoms. The van der Waals surface area contributed by atoms with Crippen LogP contribution in [0.2, 0.25) is 5.02 Å². The van der Waals surface area contributed by atoms with Gasteiger partial charge in [0.2, 0.25) is 0 Å². The summed E-state index contributed by atoms with van der Waals surface area (Å²) in [5.41, 5.74) is 2.02. The van der Waals surface area contributed by atoms with Gasteiger partial charge in [-0.1, -0.05) is 23.7 Å². The van der Waals surface area contributed by atoms with Gasteiger partial charge in [-0.15, -0.1) is 0 Å². The van der Waals surface area contributed by atoms with E-state index in [1.165, 1.54) is 0 Å². The molecule has 1 fully saturated rings. The first-order chi connectivity index (χ1) is 7.98. The van der Waals surface area contributed by atoms with Crippen LogP contribution in [0, 0.1) is 6.92 Å². The molecular formula is C12H16ClNO2S. The van der Waals surface area contributed by atoms with Gasteiger partial charge in [0.1, 0.15) is 9.84 Å². The molecule has 0 aliphatic carbocycles. The van der Waals surface area contributed by atoms with Crippen molar-refractivity contribution >= 4 is 27.1 Å². The third-order valence-corrected chi connectivity index (χ3v) is 5.16. The average Bonchev–Trinajstić information content (AvgIpc) is 2.26. The predicted octanol–water partition coefficient (Wildman–Crippen LogP) is 2.64. The molecule has 0 aromatic heterocycles. The molecule has 5 heteroatoms. The van der Waals surface area contributed by atoms with Crippen LogP contribution < -0.4 is 5.32 Å². The summed E-state index contributed by atoms with van der Waals surface area (Å²) in [6.45, 7) is 1.99. The largest absolute Gasteiger partial charge is 0.381 e. The first kappa shape index (κ1) is 12.7. The molecule has 1 aromatic carbocycles. The van der Waals surface area contributed by atoms with Gasteiger partial charge in [0.15, 0.2) is 0 Å². The molecule has 1 aromatic rings. The molecule has 0 amide bonds. The summed E-state index contributed by atoms with van der Waals surface area (Å²) >= 11 is 6.12. The molecule has 1 aliphatic heterocycles. The topological polar surface area (TPSA) is 46.2 Å². The van der Waals surface area contributed by atoms with E-state index >= 15 is 0 Å². The Bertz CT molecular complexity index is 479. The fourth-order valence-electron chi connectivity index (χ4n) is 2.05. The lowest BCUT2D eigenvalue weighted by Gasteiger charge is -2.25. The van der Waals surface area contributed by atoms with E-state index in [0.29, 0.717) is 17.9 Å². The summed E-state index contributed by atoms with van der Waals surface area (Å²) in [5.74, 6) is 0.544. The second-order valence-electron chi connectivity index (χ2n) is 4.50. The van der Waals surface area contributed by atoms with Gasteiger partial charge >= 0.3 is 0 Å². The fraction of sp³-hybridized carbons (Fsp3) is 0.500. The summed E-state index contributed by atoms with van der Waals surface area (Å²) in [6.07, 6.45) is 1.32. The lowest BCUT2D eigenvalue weighted by atomic mass is 10.1. The molecule has 0 radical (unpaired) electrons. The Kier molecular flexibility index (Phi) is 3.64. The lowest BCUT2D eigenvalue weighted by molar-refractivity contribution is 0.559. The van der Waals surface area contributed by atoms with Crippen LogP contribution >= 0.6 is 11.6 Å². The van der Waals surface area contributed by atoms with E-state index in [2.05, 4.69) is 5.32 Å². The minimum absolute atomic E-state index is 0.206. The van der Waals surface area contributed by atoms with Crippen LogP contribution in [0.3, 0.4) is 0 Å². The van der Waals surface area contributed by atoms with E-state index < -0.39 is 9.84 Å². The van der Waals surface area contributed by atoms with Crippen molar-refractivity contribution in [2.24, 2.45) is 0 Å². The number of hydrogen-bond acceptors (Lipinski definition) is 3. The molecule has 1 saturated heterocycles. The maximum Gasteiger partial charge on any atom is 0.150 e. The number of para-hydroxylation sites is 1. The molecular weight excluding hydrogens is 258 g/mol. The highest BCUT2D eigenvalue weighted by Gasteiger charge is 2.24. The Morgan fingerprint density at radius 2 is 1.94 bits per heavy atom. The smallest absolute Gasteiger partial charge is 0.150 e. The average molecular weight is 274 g/mol. The Balaban J connectivity index is 2.08. The summed E-state index contributed by atoms with van der Waals surface area (Å²) in [5, 5.41) is 4.05. The molecule has 3 nitrogen and oxygen atoms in total. The molecule has 1 heterocycles. The van der Waals surface area contributed by atoms with E-state index in [1.807, 2.05) is 25.1 Å². The van der Waals surface area contributed by atoms with Gasteiger partial charge in [0.25, 0.3) is 0 Å². The zero-order chi connectivity index (χ0) is 12.5. The first-order valence-electron chi connectivity index (χ1n) is 5.70. The molecule has 0 saturated carbocycles. The Morgan fingerprint density at radius 1 is 1.29 bits per heavy atom. The number of aryl methyl sites for hydroxylation is 1. The van der Waals surface area contributed by atoms with Gasteiger partial charge < -0.3 is 5.32 Å². The molecule has 0 unspecified atom stereocenters. The Morgan fingerprint density at radius 3 is 2.53 bits per heavy atom. The minimum Gasteiger partial charge on any atom is -0.381 e. The van der Waals surface area contributed by atoms with Crippen molar-refractivity contribution in [3.05, 3.63) is 28.8 Å². The quantitative estimate of drug-likeness (QED) is 0.901. The van der Waals surface area contributed by atoms with Crippen LogP contribution in [0.15, 0.2) is 18.2 Å². The number of hydrogen-bond donors (Lipinski definition) is 1. The van der Waals surface area contributed by atoms with Crippen LogP contribution in [0.1, 0.15) is 18.4 Å². The van der Waals surface area contributed by atoms with E-state index in [9.17, 15) is 8.42 Å². The number of rotatable bonds is 2. The third kappa shape index (κ3) is 3.13. The second-order valence-corrected chi connectivity index (χ2v) is 7.21. The molecule has 1 N–H and O–H groups in total. The number of anilines is 1. The van der Waals surface area contributed by atoms with Gasteiger partial charge in [0.05, 0.1) is 22.2 Å². The first-order valence-corrected chi connectivity index (χ1v) is 7.90. The normalized spacial score (nSPS) is 20.1. The van der Waals surface area contributed by atoms with Gasteiger partial charge in [-0.05, 0) is 31.4 Å². The van der Waals surface area contributed by atoms with Crippen molar-refractivity contribution in [3.8, 4) is 0 Å². The lowest BCUT2D eigenvalue weighted by Crippen LogP contribution is -2.32.